The molecule has 39 heavy (non-hydrogen) atoms. The highest BCUT2D eigenvalue weighted by Gasteiger charge is 2.70. The second-order valence-electron chi connectivity index (χ2n) is 10.8. The average Bonchev–Trinajstić information content (AvgIpc) is 3.66. The largest absolute Gasteiger partial charge is 0.459 e. The van der Waals surface area contributed by atoms with Crippen molar-refractivity contribution in [2.24, 2.45) is 11.8 Å². The second kappa shape index (κ2) is 9.70. The number of carbonyl (C=O) groups excluding carboxylic acids is 3. The standard InChI is InChI=1S/C33H30N2O4/c1-21(2)20-26-28(22-12-5-3-6-13-22)29(30(36)23-14-7-4-8-15-23)33(35(26)31(37)27-18-11-19-39-27)24-16-9-10-17-25(24)34-32(33)38/h3-19,21,26,28-29H,20H2,1-2H3,(H,34,38). The average molecular weight is 519 g/mol. The first-order valence-corrected chi connectivity index (χ1v) is 13.4. The molecule has 6 rings (SSSR count). The molecule has 196 valence electrons. The molecular formula is C33H30N2O4. The van der Waals surface area contributed by atoms with Crippen LogP contribution in [0.25, 0.3) is 0 Å². The molecule has 3 aromatic carbocycles. The highest BCUT2D eigenvalue weighted by atomic mass is 16.3. The van der Waals surface area contributed by atoms with Gasteiger partial charge < -0.3 is 14.6 Å². The van der Waals surface area contributed by atoms with E-state index in [0.29, 0.717) is 23.2 Å². The van der Waals surface area contributed by atoms with Gasteiger partial charge in [-0.3, -0.25) is 14.4 Å². The number of likely N-dealkylation sites (tertiary alicyclic amines) is 1. The number of nitrogens with zero attached hydrogens (tertiary/aromatic N) is 1. The van der Waals surface area contributed by atoms with Crippen molar-refractivity contribution in [1.29, 1.82) is 0 Å². The van der Waals surface area contributed by atoms with Crippen LogP contribution in [-0.2, 0) is 10.3 Å². The van der Waals surface area contributed by atoms with Crippen molar-refractivity contribution in [2.45, 2.75) is 37.8 Å². The molecule has 0 radical (unpaired) electrons. The lowest BCUT2D eigenvalue weighted by molar-refractivity contribution is -0.127. The molecule has 4 atom stereocenters. The molecule has 6 nitrogen and oxygen atoms in total. The Balaban J connectivity index is 1.69. The number of carbonyl (C=O) groups is 3. The zero-order valence-corrected chi connectivity index (χ0v) is 21.9. The van der Waals surface area contributed by atoms with Crippen molar-refractivity contribution in [3.63, 3.8) is 0 Å². The number of furan rings is 1. The normalized spacial score (nSPS) is 23.7. The van der Waals surface area contributed by atoms with Gasteiger partial charge in [-0.15, -0.1) is 0 Å². The fraction of sp³-hybridized carbons (Fsp3) is 0.242. The fourth-order valence-electron chi connectivity index (χ4n) is 6.66. The summed E-state index contributed by atoms with van der Waals surface area (Å²) >= 11 is 0. The summed E-state index contributed by atoms with van der Waals surface area (Å²) < 4.78 is 5.60. The van der Waals surface area contributed by atoms with E-state index >= 15 is 0 Å². The maximum atomic E-state index is 14.7. The molecule has 1 spiro atoms. The maximum Gasteiger partial charge on any atom is 0.290 e. The van der Waals surface area contributed by atoms with Gasteiger partial charge in [-0.2, -0.15) is 0 Å². The van der Waals surface area contributed by atoms with E-state index in [4.69, 9.17) is 4.42 Å². The zero-order valence-electron chi connectivity index (χ0n) is 21.9. The monoisotopic (exact) mass is 518 g/mol. The van der Waals surface area contributed by atoms with Crippen molar-refractivity contribution >= 4 is 23.3 Å². The van der Waals surface area contributed by atoms with Crippen molar-refractivity contribution in [1.82, 2.24) is 4.90 Å². The minimum Gasteiger partial charge on any atom is -0.459 e. The lowest BCUT2D eigenvalue weighted by atomic mass is 9.69. The number of benzene rings is 3. The van der Waals surface area contributed by atoms with E-state index in [-0.39, 0.29) is 23.4 Å². The number of amides is 2. The van der Waals surface area contributed by atoms with Crippen LogP contribution in [0.1, 0.15) is 58.2 Å². The Morgan fingerprint density at radius 1 is 0.897 bits per heavy atom. The first-order chi connectivity index (χ1) is 18.9. The van der Waals surface area contributed by atoms with Gasteiger partial charge in [0.25, 0.3) is 11.8 Å². The molecule has 2 amide bonds. The molecule has 0 bridgehead atoms. The Bertz CT molecular complexity index is 1510. The van der Waals surface area contributed by atoms with Crippen LogP contribution in [-0.4, -0.2) is 28.5 Å². The smallest absolute Gasteiger partial charge is 0.290 e. The highest BCUT2D eigenvalue weighted by molar-refractivity contribution is 6.15. The second-order valence-corrected chi connectivity index (χ2v) is 10.8. The van der Waals surface area contributed by atoms with E-state index in [0.717, 1.165) is 5.56 Å². The number of fused-ring (bicyclic) bond motifs is 2. The number of rotatable bonds is 6. The molecule has 0 saturated carbocycles. The third kappa shape index (κ3) is 3.82. The summed E-state index contributed by atoms with van der Waals surface area (Å²) in [6.45, 7) is 4.19. The summed E-state index contributed by atoms with van der Waals surface area (Å²) in [5.74, 6) is -1.91. The van der Waals surface area contributed by atoms with E-state index in [9.17, 15) is 14.4 Å². The molecule has 6 heteroatoms. The predicted octanol–water partition coefficient (Wildman–Crippen LogP) is 6.28. The maximum absolute atomic E-state index is 14.7. The molecule has 4 unspecified atom stereocenters. The summed E-state index contributed by atoms with van der Waals surface area (Å²) in [5.41, 5.74) is 1.12. The molecule has 1 fully saturated rings. The van der Waals surface area contributed by atoms with Gasteiger partial charge in [0.05, 0.1) is 12.2 Å². The number of ketones is 1. The highest BCUT2D eigenvalue weighted by Crippen LogP contribution is 2.60. The van der Waals surface area contributed by atoms with Gasteiger partial charge in [0.15, 0.2) is 17.1 Å². The van der Waals surface area contributed by atoms with Crippen molar-refractivity contribution in [3.05, 3.63) is 126 Å². The van der Waals surface area contributed by atoms with Crippen molar-refractivity contribution in [2.75, 3.05) is 5.32 Å². The van der Waals surface area contributed by atoms with Gasteiger partial charge in [-0.25, -0.2) is 0 Å². The molecule has 1 aromatic heterocycles. The Hall–Kier alpha value is -4.45. The molecule has 2 aliphatic rings. The third-order valence-electron chi connectivity index (χ3n) is 8.06. The topological polar surface area (TPSA) is 79.6 Å². The van der Waals surface area contributed by atoms with Crippen molar-refractivity contribution < 1.29 is 18.8 Å². The van der Waals surface area contributed by atoms with Crippen LogP contribution in [0, 0.1) is 11.8 Å². The fourth-order valence-corrected chi connectivity index (χ4v) is 6.66. The minimum atomic E-state index is -1.56. The van der Waals surface area contributed by atoms with E-state index in [1.54, 1.807) is 29.2 Å². The summed E-state index contributed by atoms with van der Waals surface area (Å²) in [6.07, 6.45) is 2.05. The van der Waals surface area contributed by atoms with Gasteiger partial charge in [0.1, 0.15) is 0 Å². The van der Waals surface area contributed by atoms with Gasteiger partial charge in [-0.1, -0.05) is 92.7 Å². The van der Waals surface area contributed by atoms with Crippen LogP contribution in [0.5, 0.6) is 0 Å². The van der Waals surface area contributed by atoms with E-state index in [1.807, 2.05) is 72.8 Å². The Morgan fingerprint density at radius 3 is 2.23 bits per heavy atom. The first kappa shape index (κ1) is 24.9. The molecule has 4 aromatic rings. The van der Waals surface area contributed by atoms with Crippen LogP contribution >= 0.6 is 0 Å². The van der Waals surface area contributed by atoms with Crippen LogP contribution in [0.4, 0.5) is 5.69 Å². The number of hydrogen-bond donors (Lipinski definition) is 1. The zero-order chi connectivity index (χ0) is 27.1. The van der Waals surface area contributed by atoms with Crippen LogP contribution in [0.2, 0.25) is 0 Å². The van der Waals surface area contributed by atoms with E-state index in [2.05, 4.69) is 19.2 Å². The summed E-state index contributed by atoms with van der Waals surface area (Å²) in [4.78, 5) is 45.2. The van der Waals surface area contributed by atoms with Gasteiger partial charge >= 0.3 is 0 Å². The van der Waals surface area contributed by atoms with Gasteiger partial charge in [0.2, 0.25) is 0 Å². The van der Waals surface area contributed by atoms with E-state index in [1.165, 1.54) is 6.26 Å². The molecular weight excluding hydrogens is 488 g/mol. The number of anilines is 1. The molecule has 2 aliphatic heterocycles. The quantitative estimate of drug-likeness (QED) is 0.305. The number of hydrogen-bond acceptors (Lipinski definition) is 4. The first-order valence-electron chi connectivity index (χ1n) is 13.4. The molecule has 0 aliphatic carbocycles. The van der Waals surface area contributed by atoms with E-state index < -0.39 is 29.3 Å². The number of para-hydroxylation sites is 1. The Labute approximate surface area is 227 Å². The Morgan fingerprint density at radius 2 is 1.56 bits per heavy atom. The van der Waals surface area contributed by atoms with Crippen LogP contribution in [0.3, 0.4) is 0 Å². The lowest BCUT2D eigenvalue weighted by Gasteiger charge is -2.39. The molecule has 1 saturated heterocycles. The van der Waals surface area contributed by atoms with Crippen molar-refractivity contribution in [3.8, 4) is 0 Å². The number of nitrogens with one attached hydrogen (secondary N) is 1. The lowest BCUT2D eigenvalue weighted by Crippen LogP contribution is -2.56. The van der Waals surface area contributed by atoms with Crippen LogP contribution < -0.4 is 5.32 Å². The molecule has 1 N–H and O–H groups in total. The Kier molecular flexibility index (Phi) is 6.18. The summed E-state index contributed by atoms with van der Waals surface area (Å²) in [7, 11) is 0. The summed E-state index contributed by atoms with van der Waals surface area (Å²) in [5, 5.41) is 3.03. The number of Topliss-reactive ketones (excluding diaryl/α,β-unsaturated/α-hetero) is 1. The third-order valence-corrected chi connectivity index (χ3v) is 8.06. The minimum absolute atomic E-state index is 0.139. The van der Waals surface area contributed by atoms with Gasteiger partial charge in [0, 0.05) is 28.8 Å². The molecule has 3 heterocycles. The van der Waals surface area contributed by atoms with Gasteiger partial charge in [-0.05, 0) is 36.1 Å². The summed E-state index contributed by atoms with van der Waals surface area (Å²) in [6, 6.07) is 29.1. The SMILES string of the molecule is CC(C)CC1C(c2ccccc2)C(C(=O)c2ccccc2)C2(C(=O)Nc3ccccc32)N1C(=O)c1ccco1. The predicted molar refractivity (Wildman–Crippen MR) is 148 cm³/mol. The van der Waals surface area contributed by atoms with Crippen LogP contribution in [0.15, 0.2) is 108 Å².